The van der Waals surface area contributed by atoms with Gasteiger partial charge < -0.3 is 9.67 Å². The summed E-state index contributed by atoms with van der Waals surface area (Å²) in [5, 5.41) is 19.7. The first kappa shape index (κ1) is 20.9. The highest BCUT2D eigenvalue weighted by Gasteiger charge is 2.22. The minimum absolute atomic E-state index is 0.0330. The monoisotopic (exact) mass is 415 g/mol. The first-order valence-electron chi connectivity index (χ1n) is 9.51. The first-order chi connectivity index (χ1) is 13.8. The van der Waals surface area contributed by atoms with Crippen molar-refractivity contribution in [3.8, 4) is 5.88 Å². The van der Waals surface area contributed by atoms with E-state index in [0.29, 0.717) is 18.8 Å². The summed E-state index contributed by atoms with van der Waals surface area (Å²) < 4.78 is 28.2. The molecule has 0 radical (unpaired) electrons. The third-order valence-electron chi connectivity index (χ3n) is 4.69. The van der Waals surface area contributed by atoms with Crippen LogP contribution in [0.25, 0.3) is 10.9 Å². The second-order valence-corrected chi connectivity index (χ2v) is 8.73. The van der Waals surface area contributed by atoms with Gasteiger partial charge in [0.2, 0.25) is 15.9 Å². The number of sulfonamides is 1. The topological polar surface area (TPSA) is 100 Å². The molecular formula is C20H25N5O3S. The van der Waals surface area contributed by atoms with E-state index >= 15 is 0 Å². The van der Waals surface area contributed by atoms with Crippen molar-refractivity contribution in [3.63, 3.8) is 0 Å². The van der Waals surface area contributed by atoms with E-state index in [-0.39, 0.29) is 22.6 Å². The van der Waals surface area contributed by atoms with Crippen molar-refractivity contribution in [2.75, 3.05) is 13.1 Å². The Kier molecular flexibility index (Phi) is 5.99. The molecule has 0 aliphatic carbocycles. The molecule has 29 heavy (non-hydrogen) atoms. The van der Waals surface area contributed by atoms with Gasteiger partial charge >= 0.3 is 0 Å². The van der Waals surface area contributed by atoms with Gasteiger partial charge in [-0.15, -0.1) is 10.2 Å². The molecule has 8 nitrogen and oxygen atoms in total. The SMILES string of the molecule is CCN(CC)S(=O)(=O)c1ccc(N=Nc2c(O)n(C(C)C)c3ccccc23)nc1. The highest BCUT2D eigenvalue weighted by atomic mass is 32.2. The molecular weight excluding hydrogens is 390 g/mol. The number of benzene rings is 1. The van der Waals surface area contributed by atoms with Crippen molar-refractivity contribution in [2.45, 2.75) is 38.6 Å². The van der Waals surface area contributed by atoms with E-state index < -0.39 is 10.0 Å². The molecule has 0 aliphatic heterocycles. The second kappa shape index (κ2) is 8.30. The lowest BCUT2D eigenvalue weighted by Crippen LogP contribution is -2.30. The van der Waals surface area contributed by atoms with Crippen LogP contribution in [-0.2, 0) is 10.0 Å². The summed E-state index contributed by atoms with van der Waals surface area (Å²) in [5.74, 6) is 0.287. The number of fused-ring (bicyclic) bond motifs is 1. The Morgan fingerprint density at radius 2 is 1.79 bits per heavy atom. The third kappa shape index (κ3) is 3.88. The van der Waals surface area contributed by atoms with E-state index in [9.17, 15) is 13.5 Å². The zero-order valence-corrected chi connectivity index (χ0v) is 17.8. The molecule has 0 spiro atoms. The molecule has 0 saturated heterocycles. The van der Waals surface area contributed by atoms with Crippen LogP contribution in [-0.4, -0.2) is 40.5 Å². The molecule has 0 amide bonds. The van der Waals surface area contributed by atoms with Crippen LogP contribution in [0, 0.1) is 0 Å². The van der Waals surface area contributed by atoms with Crippen molar-refractivity contribution in [2.24, 2.45) is 10.2 Å². The van der Waals surface area contributed by atoms with Crippen LogP contribution in [0.4, 0.5) is 11.5 Å². The fraction of sp³-hybridized carbons (Fsp3) is 0.350. The predicted molar refractivity (Wildman–Crippen MR) is 113 cm³/mol. The maximum Gasteiger partial charge on any atom is 0.244 e. The lowest BCUT2D eigenvalue weighted by atomic mass is 10.2. The Balaban J connectivity index is 1.95. The zero-order chi connectivity index (χ0) is 21.2. The highest BCUT2D eigenvalue weighted by Crippen LogP contribution is 2.41. The van der Waals surface area contributed by atoms with Gasteiger partial charge in [-0.2, -0.15) is 4.31 Å². The molecule has 0 saturated carbocycles. The van der Waals surface area contributed by atoms with E-state index in [1.165, 1.54) is 22.6 Å². The summed E-state index contributed by atoms with van der Waals surface area (Å²) >= 11 is 0. The Morgan fingerprint density at radius 1 is 1.10 bits per heavy atom. The summed E-state index contributed by atoms with van der Waals surface area (Å²) in [6.07, 6.45) is 1.28. The minimum atomic E-state index is -3.57. The van der Waals surface area contributed by atoms with E-state index in [1.807, 2.05) is 38.1 Å². The van der Waals surface area contributed by atoms with Crippen LogP contribution in [0.5, 0.6) is 5.88 Å². The maximum atomic E-state index is 12.5. The van der Waals surface area contributed by atoms with Crippen LogP contribution in [0.3, 0.4) is 0 Å². The number of nitrogens with zero attached hydrogens (tertiary/aromatic N) is 5. The average molecular weight is 416 g/mol. The molecule has 154 valence electrons. The van der Waals surface area contributed by atoms with E-state index in [1.54, 1.807) is 18.4 Å². The van der Waals surface area contributed by atoms with Gasteiger partial charge in [-0.1, -0.05) is 32.0 Å². The Morgan fingerprint density at radius 3 is 2.38 bits per heavy atom. The van der Waals surface area contributed by atoms with Crippen molar-refractivity contribution in [1.29, 1.82) is 0 Å². The van der Waals surface area contributed by atoms with Gasteiger partial charge in [0.25, 0.3) is 0 Å². The Bertz CT molecular complexity index is 1130. The quantitative estimate of drug-likeness (QED) is 0.562. The van der Waals surface area contributed by atoms with E-state index in [4.69, 9.17) is 0 Å². The summed E-state index contributed by atoms with van der Waals surface area (Å²) in [4.78, 5) is 4.22. The molecule has 1 aromatic carbocycles. The number of aromatic hydroxyl groups is 1. The van der Waals surface area contributed by atoms with Gasteiger partial charge in [0.15, 0.2) is 11.5 Å². The Hall–Kier alpha value is -2.78. The van der Waals surface area contributed by atoms with Crippen molar-refractivity contribution in [3.05, 3.63) is 42.6 Å². The summed E-state index contributed by atoms with van der Waals surface area (Å²) in [7, 11) is -3.57. The Labute approximate surface area is 170 Å². The van der Waals surface area contributed by atoms with Crippen LogP contribution < -0.4 is 0 Å². The molecule has 1 N–H and O–H groups in total. The minimum Gasteiger partial charge on any atom is -0.493 e. The number of para-hydroxylation sites is 1. The maximum absolute atomic E-state index is 12.5. The molecule has 0 aliphatic rings. The molecule has 2 aromatic heterocycles. The number of rotatable bonds is 7. The fourth-order valence-electron chi connectivity index (χ4n) is 3.25. The molecule has 9 heteroatoms. The summed E-state index contributed by atoms with van der Waals surface area (Å²) in [5.41, 5.74) is 1.22. The molecule has 3 rings (SSSR count). The molecule has 0 unspecified atom stereocenters. The smallest absolute Gasteiger partial charge is 0.244 e. The van der Waals surface area contributed by atoms with Crippen LogP contribution in [0.2, 0.25) is 0 Å². The first-order valence-corrected chi connectivity index (χ1v) is 10.9. The van der Waals surface area contributed by atoms with Gasteiger partial charge in [0, 0.05) is 30.7 Å². The fourth-order valence-corrected chi connectivity index (χ4v) is 4.66. The van der Waals surface area contributed by atoms with Crippen LogP contribution in [0.15, 0.2) is 57.7 Å². The van der Waals surface area contributed by atoms with Crippen molar-refractivity contribution < 1.29 is 13.5 Å². The third-order valence-corrected chi connectivity index (χ3v) is 6.72. The largest absolute Gasteiger partial charge is 0.493 e. The summed E-state index contributed by atoms with van der Waals surface area (Å²) in [6.45, 7) is 8.31. The molecule has 2 heterocycles. The molecule has 0 bridgehead atoms. The van der Waals surface area contributed by atoms with Gasteiger partial charge in [0.1, 0.15) is 4.90 Å². The standard InChI is InChI=1S/C20H25N5O3S/c1-5-24(6-2)29(27,28)15-11-12-18(21-13-15)22-23-19-16-9-7-8-10-17(16)25(14(3)4)20(19)26/h7-14,26H,5-6H2,1-4H3. The molecule has 0 fully saturated rings. The van der Waals surface area contributed by atoms with E-state index in [2.05, 4.69) is 15.2 Å². The second-order valence-electron chi connectivity index (χ2n) is 6.79. The summed E-state index contributed by atoms with van der Waals surface area (Å²) in [6, 6.07) is 10.6. The number of pyridine rings is 1. The zero-order valence-electron chi connectivity index (χ0n) is 16.9. The number of hydrogen-bond donors (Lipinski definition) is 1. The van der Waals surface area contributed by atoms with E-state index in [0.717, 1.165) is 10.9 Å². The molecule has 0 atom stereocenters. The highest BCUT2D eigenvalue weighted by molar-refractivity contribution is 7.89. The predicted octanol–water partition coefficient (Wildman–Crippen LogP) is 4.77. The number of hydrogen-bond acceptors (Lipinski definition) is 6. The van der Waals surface area contributed by atoms with Crippen molar-refractivity contribution >= 4 is 32.4 Å². The van der Waals surface area contributed by atoms with Gasteiger partial charge in [0.05, 0.1) is 5.52 Å². The van der Waals surface area contributed by atoms with Crippen LogP contribution in [0.1, 0.15) is 33.7 Å². The average Bonchev–Trinajstić information content (AvgIpc) is 2.99. The van der Waals surface area contributed by atoms with Gasteiger partial charge in [-0.05, 0) is 32.0 Å². The number of aromatic nitrogens is 2. The van der Waals surface area contributed by atoms with Gasteiger partial charge in [-0.3, -0.25) is 0 Å². The number of azo groups is 1. The van der Waals surface area contributed by atoms with Crippen LogP contribution >= 0.6 is 0 Å². The lowest BCUT2D eigenvalue weighted by Gasteiger charge is -2.17. The van der Waals surface area contributed by atoms with Crippen molar-refractivity contribution in [1.82, 2.24) is 13.9 Å². The normalized spacial score (nSPS) is 12.6. The molecule has 3 aromatic rings. The lowest BCUT2D eigenvalue weighted by molar-refractivity contribution is 0.407. The van der Waals surface area contributed by atoms with Gasteiger partial charge in [-0.25, -0.2) is 13.4 Å².